The molecule has 0 unspecified atom stereocenters. The van der Waals surface area contributed by atoms with Crippen LogP contribution in [0.1, 0.15) is 22.8 Å². The smallest absolute Gasteiger partial charge is 0.416 e. The Kier molecular flexibility index (Phi) is 5.91. The summed E-state index contributed by atoms with van der Waals surface area (Å²) < 4.78 is 44.4. The molecule has 32 heavy (non-hydrogen) atoms. The summed E-state index contributed by atoms with van der Waals surface area (Å²) in [6.45, 7) is 1.50. The highest BCUT2D eigenvalue weighted by Crippen LogP contribution is 2.34. The van der Waals surface area contributed by atoms with Crippen molar-refractivity contribution >= 4 is 27.9 Å². The summed E-state index contributed by atoms with van der Waals surface area (Å²) in [5.41, 5.74) is 1.22. The van der Waals surface area contributed by atoms with Crippen molar-refractivity contribution in [3.63, 3.8) is 0 Å². The van der Waals surface area contributed by atoms with Gasteiger partial charge in [0.2, 0.25) is 5.13 Å². The number of Topliss-reactive ketones (excluding diaryl/α,β-unsaturated/α-hetero) is 1. The molecule has 0 spiro atoms. The molecule has 5 nitrogen and oxygen atoms in total. The Balaban J connectivity index is 1.51. The third-order valence-corrected chi connectivity index (χ3v) is 5.31. The number of ether oxygens (including phenoxy) is 1. The Morgan fingerprint density at radius 2 is 1.66 bits per heavy atom. The van der Waals surface area contributed by atoms with Gasteiger partial charge < -0.3 is 10.1 Å². The van der Waals surface area contributed by atoms with Crippen LogP contribution in [0.4, 0.5) is 24.0 Å². The van der Waals surface area contributed by atoms with Gasteiger partial charge in [0.1, 0.15) is 16.5 Å². The normalized spacial score (nSPS) is 11.2. The van der Waals surface area contributed by atoms with Crippen molar-refractivity contribution in [3.05, 3.63) is 83.9 Å². The summed E-state index contributed by atoms with van der Waals surface area (Å²) in [4.78, 5) is 11.5. The van der Waals surface area contributed by atoms with Crippen molar-refractivity contribution in [1.82, 2.24) is 10.2 Å². The lowest BCUT2D eigenvalue weighted by atomic mass is 10.1. The van der Waals surface area contributed by atoms with Gasteiger partial charge in [-0.1, -0.05) is 41.7 Å². The molecule has 0 bridgehead atoms. The molecule has 0 amide bonds. The molecule has 0 saturated carbocycles. The molecular formula is C23H16F3N3O2S. The third kappa shape index (κ3) is 5.12. The summed E-state index contributed by atoms with van der Waals surface area (Å²) in [6, 6.07) is 18.6. The van der Waals surface area contributed by atoms with Crippen LogP contribution >= 0.6 is 11.3 Å². The van der Waals surface area contributed by atoms with Crippen LogP contribution in [0.25, 0.3) is 10.6 Å². The first-order chi connectivity index (χ1) is 15.3. The number of anilines is 2. The van der Waals surface area contributed by atoms with Crippen molar-refractivity contribution < 1.29 is 22.7 Å². The van der Waals surface area contributed by atoms with Crippen LogP contribution in [0, 0.1) is 0 Å². The van der Waals surface area contributed by atoms with Gasteiger partial charge in [0, 0.05) is 16.8 Å². The lowest BCUT2D eigenvalue weighted by Crippen LogP contribution is -2.04. The molecule has 3 aromatic carbocycles. The van der Waals surface area contributed by atoms with Gasteiger partial charge in [0.05, 0.1) is 5.56 Å². The minimum atomic E-state index is -4.44. The molecule has 0 fully saturated rings. The number of rotatable bonds is 6. The Labute approximate surface area is 185 Å². The highest BCUT2D eigenvalue weighted by atomic mass is 32.1. The summed E-state index contributed by atoms with van der Waals surface area (Å²) in [6.07, 6.45) is -4.44. The largest absolute Gasteiger partial charge is 0.457 e. The molecule has 0 radical (unpaired) electrons. The van der Waals surface area contributed by atoms with E-state index in [9.17, 15) is 18.0 Å². The van der Waals surface area contributed by atoms with Gasteiger partial charge in [-0.3, -0.25) is 4.79 Å². The fraction of sp³-hybridized carbons (Fsp3) is 0.0870. The number of aromatic nitrogens is 2. The monoisotopic (exact) mass is 455 g/mol. The first kappa shape index (κ1) is 21.5. The Bertz CT molecular complexity index is 1270. The van der Waals surface area contributed by atoms with E-state index in [0.717, 1.165) is 12.1 Å². The second kappa shape index (κ2) is 8.80. The van der Waals surface area contributed by atoms with E-state index in [-0.39, 0.29) is 11.5 Å². The molecule has 9 heteroatoms. The van der Waals surface area contributed by atoms with Crippen LogP contribution in [0.2, 0.25) is 0 Å². The predicted octanol–water partition coefficient (Wildman–Crippen LogP) is 6.96. The zero-order valence-corrected chi connectivity index (χ0v) is 17.5. The molecule has 1 heterocycles. The van der Waals surface area contributed by atoms with Crippen LogP contribution in [-0.2, 0) is 6.18 Å². The van der Waals surface area contributed by atoms with Gasteiger partial charge >= 0.3 is 6.18 Å². The van der Waals surface area contributed by atoms with Crippen molar-refractivity contribution in [1.29, 1.82) is 0 Å². The molecule has 4 rings (SSSR count). The third-order valence-electron chi connectivity index (χ3n) is 4.42. The number of ketones is 1. The minimum Gasteiger partial charge on any atom is -0.457 e. The molecule has 0 aliphatic rings. The zero-order valence-electron chi connectivity index (χ0n) is 16.7. The van der Waals surface area contributed by atoms with Crippen molar-refractivity contribution in [2.24, 2.45) is 0 Å². The van der Waals surface area contributed by atoms with Gasteiger partial charge in [0.15, 0.2) is 5.78 Å². The van der Waals surface area contributed by atoms with Crippen molar-refractivity contribution in [2.45, 2.75) is 13.1 Å². The summed E-state index contributed by atoms with van der Waals surface area (Å²) in [5.74, 6) is 0.423. The van der Waals surface area contributed by atoms with Crippen LogP contribution in [-0.4, -0.2) is 16.0 Å². The summed E-state index contributed by atoms with van der Waals surface area (Å²) in [7, 11) is 0. The lowest BCUT2D eigenvalue weighted by molar-refractivity contribution is -0.137. The average molecular weight is 455 g/mol. The van der Waals surface area contributed by atoms with Gasteiger partial charge in [-0.25, -0.2) is 0 Å². The summed E-state index contributed by atoms with van der Waals surface area (Å²) >= 11 is 1.29. The van der Waals surface area contributed by atoms with Crippen molar-refractivity contribution in [2.75, 3.05) is 5.32 Å². The molecule has 0 aliphatic heterocycles. The van der Waals surface area contributed by atoms with Gasteiger partial charge in [-0.2, -0.15) is 13.2 Å². The topological polar surface area (TPSA) is 64.1 Å². The molecule has 1 N–H and O–H groups in total. The Hall–Kier alpha value is -3.72. The highest BCUT2D eigenvalue weighted by Gasteiger charge is 2.30. The number of benzene rings is 3. The van der Waals surface area contributed by atoms with Gasteiger partial charge in [-0.05, 0) is 49.4 Å². The number of carbonyl (C=O) groups is 1. The van der Waals surface area contributed by atoms with Crippen molar-refractivity contribution in [3.8, 4) is 22.1 Å². The fourth-order valence-corrected chi connectivity index (χ4v) is 3.65. The van der Waals surface area contributed by atoms with Gasteiger partial charge in [0.25, 0.3) is 0 Å². The molecule has 162 valence electrons. The minimum absolute atomic E-state index is 0.0378. The number of hydrogen-bond acceptors (Lipinski definition) is 6. The molecule has 0 saturated heterocycles. The highest BCUT2D eigenvalue weighted by molar-refractivity contribution is 7.18. The van der Waals surface area contributed by atoms with Crippen LogP contribution < -0.4 is 10.1 Å². The maximum Gasteiger partial charge on any atom is 0.416 e. The van der Waals surface area contributed by atoms with E-state index in [1.165, 1.54) is 30.4 Å². The standard InChI is InChI=1S/C23H16F3N3O2S/c1-14(30)15-5-2-8-18(11-15)27-22-29-28-21(32-22)16-6-3-9-19(12-16)31-20-10-4-7-17(13-20)23(24,25)26/h2-13H,1H3,(H,27,29). The first-order valence-electron chi connectivity index (χ1n) is 9.45. The van der Waals surface area contributed by atoms with E-state index in [0.29, 0.717) is 32.7 Å². The maximum atomic E-state index is 12.9. The van der Waals surface area contributed by atoms with E-state index in [1.54, 1.807) is 42.5 Å². The summed E-state index contributed by atoms with van der Waals surface area (Å²) in [5, 5.41) is 12.5. The fourth-order valence-electron chi connectivity index (χ4n) is 2.89. The average Bonchev–Trinajstić information content (AvgIpc) is 3.22. The quantitative estimate of drug-likeness (QED) is 0.318. The van der Waals surface area contributed by atoms with Gasteiger partial charge in [-0.15, -0.1) is 10.2 Å². The second-order valence-electron chi connectivity index (χ2n) is 6.83. The lowest BCUT2D eigenvalue weighted by Gasteiger charge is -2.10. The van der Waals surface area contributed by atoms with E-state index in [4.69, 9.17) is 4.74 Å². The molecular weight excluding hydrogens is 439 g/mol. The second-order valence-corrected chi connectivity index (χ2v) is 7.81. The molecule has 4 aromatic rings. The van der Waals surface area contributed by atoms with Crippen LogP contribution in [0.3, 0.4) is 0 Å². The van der Waals surface area contributed by atoms with Crippen LogP contribution in [0.5, 0.6) is 11.5 Å². The first-order valence-corrected chi connectivity index (χ1v) is 10.3. The Morgan fingerprint density at radius 1 is 0.938 bits per heavy atom. The van der Waals surface area contributed by atoms with E-state index in [2.05, 4.69) is 15.5 Å². The predicted molar refractivity (Wildman–Crippen MR) is 117 cm³/mol. The zero-order chi connectivity index (χ0) is 22.7. The number of nitrogens with one attached hydrogen (secondary N) is 1. The number of carbonyl (C=O) groups excluding carboxylic acids is 1. The molecule has 0 atom stereocenters. The number of hydrogen-bond donors (Lipinski definition) is 1. The van der Waals surface area contributed by atoms with E-state index >= 15 is 0 Å². The number of halogens is 3. The maximum absolute atomic E-state index is 12.9. The molecule has 1 aromatic heterocycles. The Morgan fingerprint density at radius 3 is 2.41 bits per heavy atom. The molecule has 0 aliphatic carbocycles. The SMILES string of the molecule is CC(=O)c1cccc(Nc2nnc(-c3cccc(Oc4cccc(C(F)(F)F)c4)c3)s2)c1. The van der Waals surface area contributed by atoms with Crippen LogP contribution in [0.15, 0.2) is 72.8 Å². The number of nitrogens with zero attached hydrogens (tertiary/aromatic N) is 2. The number of alkyl halides is 3. The van der Waals surface area contributed by atoms with E-state index < -0.39 is 11.7 Å². The van der Waals surface area contributed by atoms with E-state index in [1.807, 2.05) is 6.07 Å².